The Balaban J connectivity index is 1.77. The number of carbonyl (C=O) groups excluding carboxylic acids is 1. The predicted octanol–water partition coefficient (Wildman–Crippen LogP) is 2.54. The van der Waals surface area contributed by atoms with Crippen LogP contribution in [-0.2, 0) is 4.79 Å². The Kier molecular flexibility index (Phi) is 3.19. The number of anilines is 1. The van der Waals surface area contributed by atoms with E-state index in [0.717, 1.165) is 37.2 Å². The highest BCUT2D eigenvalue weighted by Crippen LogP contribution is 2.56. The second kappa shape index (κ2) is 5.21. The van der Waals surface area contributed by atoms with Crippen LogP contribution >= 0.6 is 0 Å². The van der Waals surface area contributed by atoms with Crippen LogP contribution in [0, 0.1) is 5.41 Å². The summed E-state index contributed by atoms with van der Waals surface area (Å²) >= 11 is 0. The van der Waals surface area contributed by atoms with Gasteiger partial charge in [-0.1, -0.05) is 24.3 Å². The first kappa shape index (κ1) is 13.5. The highest BCUT2D eigenvalue weighted by atomic mass is 16.2. The minimum atomic E-state index is -0.260. The van der Waals surface area contributed by atoms with Crippen molar-refractivity contribution in [2.75, 3.05) is 18.0 Å². The average Bonchev–Trinajstić information content (AvgIpc) is 2.61. The number of piperidine rings is 1. The molecule has 0 saturated carbocycles. The number of hydrogen-bond acceptors (Lipinski definition) is 3. The topological polar surface area (TPSA) is 45.2 Å². The molecule has 1 aromatic carbocycles. The lowest BCUT2D eigenvalue weighted by atomic mass is 9.62. The third-order valence-electron chi connectivity index (χ3n) is 4.96. The van der Waals surface area contributed by atoms with Crippen LogP contribution in [0.3, 0.4) is 0 Å². The van der Waals surface area contributed by atoms with Crippen LogP contribution in [0.5, 0.6) is 0 Å². The van der Waals surface area contributed by atoms with Gasteiger partial charge in [0.15, 0.2) is 0 Å². The van der Waals surface area contributed by atoms with E-state index in [1.165, 1.54) is 0 Å². The number of hydrogen-bond donors (Lipinski definition) is 1. The van der Waals surface area contributed by atoms with Crippen molar-refractivity contribution in [2.24, 2.45) is 5.41 Å². The predicted molar refractivity (Wildman–Crippen MR) is 85.4 cm³/mol. The van der Waals surface area contributed by atoms with Crippen molar-refractivity contribution in [2.45, 2.75) is 18.9 Å². The number of pyridine rings is 1. The molecule has 1 aromatic heterocycles. The first-order valence-electron chi connectivity index (χ1n) is 7.82. The maximum absolute atomic E-state index is 13.0. The van der Waals surface area contributed by atoms with Crippen LogP contribution in [-0.4, -0.2) is 24.0 Å². The molecule has 4 rings (SSSR count). The minimum Gasteiger partial charge on any atom is -0.317 e. The molecule has 1 atom stereocenters. The number of rotatable bonds is 2. The molecule has 3 heterocycles. The van der Waals surface area contributed by atoms with E-state index in [1.807, 2.05) is 47.5 Å². The Morgan fingerprint density at radius 1 is 1.09 bits per heavy atom. The van der Waals surface area contributed by atoms with Crippen LogP contribution in [0.1, 0.15) is 24.4 Å². The SMILES string of the molecule is O=C1N(c2ccccc2)C(c2cccnc2)C12CCNCC2. The summed E-state index contributed by atoms with van der Waals surface area (Å²) in [6, 6.07) is 14.1. The highest BCUT2D eigenvalue weighted by molar-refractivity contribution is 6.06. The largest absolute Gasteiger partial charge is 0.317 e. The summed E-state index contributed by atoms with van der Waals surface area (Å²) < 4.78 is 0. The molecule has 2 aromatic rings. The Labute approximate surface area is 130 Å². The van der Waals surface area contributed by atoms with E-state index in [0.29, 0.717) is 0 Å². The van der Waals surface area contributed by atoms with E-state index >= 15 is 0 Å². The molecule has 0 aliphatic carbocycles. The van der Waals surface area contributed by atoms with Crippen molar-refractivity contribution < 1.29 is 4.79 Å². The molecule has 22 heavy (non-hydrogen) atoms. The molecule has 4 heteroatoms. The van der Waals surface area contributed by atoms with Gasteiger partial charge < -0.3 is 10.2 Å². The fourth-order valence-corrected chi connectivity index (χ4v) is 3.88. The van der Waals surface area contributed by atoms with E-state index in [2.05, 4.69) is 16.4 Å². The van der Waals surface area contributed by atoms with Crippen molar-refractivity contribution >= 4 is 11.6 Å². The molecule has 1 unspecified atom stereocenters. The second-order valence-electron chi connectivity index (χ2n) is 6.11. The normalized spacial score (nSPS) is 23.4. The summed E-state index contributed by atoms with van der Waals surface area (Å²) in [6.45, 7) is 1.82. The third-order valence-corrected chi connectivity index (χ3v) is 4.96. The van der Waals surface area contributed by atoms with E-state index in [-0.39, 0.29) is 17.4 Å². The molecule has 0 bridgehead atoms. The summed E-state index contributed by atoms with van der Waals surface area (Å²) in [5, 5.41) is 3.37. The van der Waals surface area contributed by atoms with E-state index < -0.39 is 0 Å². The Hall–Kier alpha value is -2.20. The van der Waals surface area contributed by atoms with Crippen molar-refractivity contribution in [1.82, 2.24) is 10.3 Å². The summed E-state index contributed by atoms with van der Waals surface area (Å²) in [6.07, 6.45) is 5.48. The molecule has 2 aliphatic rings. The van der Waals surface area contributed by atoms with Gasteiger partial charge in [-0.2, -0.15) is 0 Å². The number of carbonyl (C=O) groups is 1. The quantitative estimate of drug-likeness (QED) is 0.866. The van der Waals surface area contributed by atoms with Crippen molar-refractivity contribution in [3.8, 4) is 0 Å². The fraction of sp³-hybridized carbons (Fsp3) is 0.333. The van der Waals surface area contributed by atoms with E-state index in [9.17, 15) is 4.79 Å². The molecule has 4 nitrogen and oxygen atoms in total. The van der Waals surface area contributed by atoms with Gasteiger partial charge in [0.2, 0.25) is 5.91 Å². The fourth-order valence-electron chi connectivity index (χ4n) is 3.88. The Morgan fingerprint density at radius 2 is 1.86 bits per heavy atom. The molecule has 1 amide bonds. The summed E-state index contributed by atoms with van der Waals surface area (Å²) in [7, 11) is 0. The van der Waals surface area contributed by atoms with Gasteiger partial charge in [-0.25, -0.2) is 0 Å². The van der Waals surface area contributed by atoms with E-state index in [4.69, 9.17) is 0 Å². The zero-order valence-electron chi connectivity index (χ0n) is 12.4. The number of amides is 1. The Morgan fingerprint density at radius 3 is 2.55 bits per heavy atom. The van der Waals surface area contributed by atoms with Crippen LogP contribution in [0.4, 0.5) is 5.69 Å². The Bertz CT molecular complexity index is 665. The lowest BCUT2D eigenvalue weighted by Gasteiger charge is -2.57. The first-order chi connectivity index (χ1) is 10.8. The monoisotopic (exact) mass is 293 g/mol. The number of aromatic nitrogens is 1. The third kappa shape index (κ3) is 1.87. The number of para-hydroxylation sites is 1. The van der Waals surface area contributed by atoms with Gasteiger partial charge in [-0.05, 0) is 49.7 Å². The van der Waals surface area contributed by atoms with Gasteiger partial charge in [0.1, 0.15) is 0 Å². The first-order valence-corrected chi connectivity index (χ1v) is 7.82. The highest BCUT2D eigenvalue weighted by Gasteiger charge is 2.61. The van der Waals surface area contributed by atoms with Crippen LogP contribution < -0.4 is 10.2 Å². The summed E-state index contributed by atoms with van der Waals surface area (Å²) in [5.41, 5.74) is 1.85. The molecule has 2 saturated heterocycles. The van der Waals surface area contributed by atoms with Crippen molar-refractivity contribution in [3.05, 3.63) is 60.4 Å². The van der Waals surface area contributed by atoms with Crippen LogP contribution in [0.25, 0.3) is 0 Å². The average molecular weight is 293 g/mol. The molecule has 2 aliphatic heterocycles. The van der Waals surface area contributed by atoms with Gasteiger partial charge in [-0.15, -0.1) is 0 Å². The summed E-state index contributed by atoms with van der Waals surface area (Å²) in [4.78, 5) is 19.2. The second-order valence-corrected chi connectivity index (χ2v) is 6.11. The number of β-lactam (4-membered cyclic amide) rings is 1. The molecule has 1 spiro atoms. The molecular formula is C18H19N3O. The van der Waals surface area contributed by atoms with Crippen LogP contribution in [0.2, 0.25) is 0 Å². The van der Waals surface area contributed by atoms with Gasteiger partial charge in [0.05, 0.1) is 11.5 Å². The lowest BCUT2D eigenvalue weighted by Crippen LogP contribution is -2.66. The number of nitrogens with zero attached hydrogens (tertiary/aromatic N) is 2. The molecule has 1 N–H and O–H groups in total. The number of benzene rings is 1. The van der Waals surface area contributed by atoms with Crippen molar-refractivity contribution in [3.63, 3.8) is 0 Å². The smallest absolute Gasteiger partial charge is 0.236 e. The minimum absolute atomic E-state index is 0.0956. The van der Waals surface area contributed by atoms with Gasteiger partial charge >= 0.3 is 0 Å². The van der Waals surface area contributed by atoms with E-state index in [1.54, 1.807) is 6.20 Å². The zero-order chi connectivity index (χ0) is 15.0. The van der Waals surface area contributed by atoms with Crippen molar-refractivity contribution in [1.29, 1.82) is 0 Å². The maximum Gasteiger partial charge on any atom is 0.236 e. The standard InChI is InChI=1S/C18H19N3O/c22-17-18(8-11-19-12-9-18)16(14-5-4-10-20-13-14)21(17)15-6-2-1-3-7-15/h1-7,10,13,16,19H,8-9,11-12H2. The summed E-state index contributed by atoms with van der Waals surface area (Å²) in [5.74, 6) is 0.258. The maximum atomic E-state index is 13.0. The zero-order valence-corrected chi connectivity index (χ0v) is 12.4. The molecule has 112 valence electrons. The molecule has 2 fully saturated rings. The lowest BCUT2D eigenvalue weighted by molar-refractivity contribution is -0.142. The van der Waals surface area contributed by atoms with Gasteiger partial charge in [0.25, 0.3) is 0 Å². The van der Waals surface area contributed by atoms with Crippen LogP contribution in [0.15, 0.2) is 54.9 Å². The molecule has 0 radical (unpaired) electrons. The van der Waals surface area contributed by atoms with Gasteiger partial charge in [0, 0.05) is 18.1 Å². The van der Waals surface area contributed by atoms with Gasteiger partial charge in [-0.3, -0.25) is 9.78 Å². The number of nitrogens with one attached hydrogen (secondary N) is 1. The molecular weight excluding hydrogens is 274 g/mol.